The lowest BCUT2D eigenvalue weighted by molar-refractivity contribution is -0.387. The van der Waals surface area contributed by atoms with Gasteiger partial charge in [-0.15, -0.1) is 0 Å². The standard InChI is InChI=1S/C24H24N2O4S/c27-26(28)23-17-9-10-18-24(23)31(29,30)25(20-22-15-6-2-7-16-22)19-11-3-8-14-21-12-4-1-5-13-21/h1-7,9-13,15-18H,8,14,19-20H2/b11-3+. The van der Waals surface area contributed by atoms with Crippen molar-refractivity contribution in [1.29, 1.82) is 0 Å². The van der Waals surface area contributed by atoms with E-state index in [2.05, 4.69) is 12.1 Å². The Balaban J connectivity index is 1.81. The van der Waals surface area contributed by atoms with E-state index in [0.717, 1.165) is 18.4 Å². The first-order valence-electron chi connectivity index (χ1n) is 9.95. The molecule has 3 rings (SSSR count). The second-order valence-electron chi connectivity index (χ2n) is 7.00. The third kappa shape index (κ3) is 6.10. The summed E-state index contributed by atoms with van der Waals surface area (Å²) in [5.74, 6) is 0. The molecule has 0 unspecified atom stereocenters. The van der Waals surface area contributed by atoms with Crippen LogP contribution in [0.5, 0.6) is 0 Å². The van der Waals surface area contributed by atoms with Gasteiger partial charge in [0.05, 0.1) is 4.92 Å². The van der Waals surface area contributed by atoms with Gasteiger partial charge in [0, 0.05) is 19.2 Å². The average Bonchev–Trinajstić information content (AvgIpc) is 2.79. The van der Waals surface area contributed by atoms with E-state index < -0.39 is 20.6 Å². The van der Waals surface area contributed by atoms with E-state index in [1.54, 1.807) is 6.08 Å². The summed E-state index contributed by atoms with van der Waals surface area (Å²) in [5.41, 5.74) is 1.59. The fourth-order valence-corrected chi connectivity index (χ4v) is 4.74. The van der Waals surface area contributed by atoms with Crippen molar-refractivity contribution in [2.45, 2.75) is 24.3 Å². The maximum atomic E-state index is 13.3. The molecule has 0 saturated carbocycles. The molecule has 0 bridgehead atoms. The SMILES string of the molecule is O=[N+]([O-])c1ccccc1S(=O)(=O)N(C/C=C/CCc1ccccc1)Cc1ccccc1. The average molecular weight is 437 g/mol. The molecule has 0 aromatic heterocycles. The Bertz CT molecular complexity index is 1130. The van der Waals surface area contributed by atoms with E-state index in [1.165, 1.54) is 34.1 Å². The Morgan fingerprint density at radius 3 is 2.03 bits per heavy atom. The minimum atomic E-state index is -4.07. The molecule has 0 aliphatic rings. The number of aryl methyl sites for hydroxylation is 1. The molecule has 6 nitrogen and oxygen atoms in total. The van der Waals surface area contributed by atoms with Crippen molar-refractivity contribution in [2.24, 2.45) is 0 Å². The number of benzene rings is 3. The van der Waals surface area contributed by atoms with Gasteiger partial charge in [-0.1, -0.05) is 84.9 Å². The molecule has 0 amide bonds. The van der Waals surface area contributed by atoms with Crippen molar-refractivity contribution in [1.82, 2.24) is 4.31 Å². The molecule has 160 valence electrons. The largest absolute Gasteiger partial charge is 0.289 e. The predicted molar refractivity (Wildman–Crippen MR) is 121 cm³/mol. The summed E-state index contributed by atoms with van der Waals surface area (Å²) in [6.45, 7) is 0.246. The Morgan fingerprint density at radius 1 is 0.806 bits per heavy atom. The Labute approximate surface area is 182 Å². The lowest BCUT2D eigenvalue weighted by Gasteiger charge is -2.21. The van der Waals surface area contributed by atoms with E-state index in [9.17, 15) is 18.5 Å². The molecule has 0 atom stereocenters. The molecule has 0 N–H and O–H groups in total. The molecule has 0 aliphatic carbocycles. The minimum absolute atomic E-state index is 0.123. The van der Waals surface area contributed by atoms with Crippen LogP contribution < -0.4 is 0 Å². The third-order valence-corrected chi connectivity index (χ3v) is 6.66. The summed E-state index contributed by atoms with van der Waals surface area (Å²) in [6, 6.07) is 24.7. The van der Waals surface area contributed by atoms with Crippen LogP contribution in [0.25, 0.3) is 0 Å². The van der Waals surface area contributed by atoms with Crippen LogP contribution in [0.2, 0.25) is 0 Å². The van der Waals surface area contributed by atoms with Gasteiger partial charge in [-0.3, -0.25) is 10.1 Å². The van der Waals surface area contributed by atoms with Gasteiger partial charge >= 0.3 is 0 Å². The fourth-order valence-electron chi connectivity index (χ4n) is 3.20. The highest BCUT2D eigenvalue weighted by molar-refractivity contribution is 7.89. The summed E-state index contributed by atoms with van der Waals surface area (Å²) in [6.07, 6.45) is 5.37. The molecule has 7 heteroatoms. The molecule has 0 spiro atoms. The van der Waals surface area contributed by atoms with Crippen molar-refractivity contribution in [2.75, 3.05) is 6.54 Å². The number of hydrogen-bond acceptors (Lipinski definition) is 4. The van der Waals surface area contributed by atoms with Gasteiger partial charge < -0.3 is 0 Å². The maximum Gasteiger partial charge on any atom is 0.289 e. The highest BCUT2D eigenvalue weighted by atomic mass is 32.2. The van der Waals surface area contributed by atoms with Crippen LogP contribution in [0.3, 0.4) is 0 Å². The number of rotatable bonds is 10. The number of nitro groups is 1. The summed E-state index contributed by atoms with van der Waals surface area (Å²) in [7, 11) is -4.07. The zero-order valence-electron chi connectivity index (χ0n) is 17.0. The summed E-state index contributed by atoms with van der Waals surface area (Å²) < 4.78 is 27.9. The molecule has 0 heterocycles. The Kier molecular flexibility index (Phi) is 7.70. The van der Waals surface area contributed by atoms with Gasteiger partial charge in [-0.2, -0.15) is 4.31 Å². The van der Waals surface area contributed by atoms with E-state index in [-0.39, 0.29) is 18.0 Å². The van der Waals surface area contributed by atoms with Crippen molar-refractivity contribution in [3.63, 3.8) is 0 Å². The summed E-state index contributed by atoms with van der Waals surface area (Å²) >= 11 is 0. The first-order chi connectivity index (χ1) is 15.0. The first kappa shape index (κ1) is 22.4. The molecule has 3 aromatic carbocycles. The third-order valence-electron chi connectivity index (χ3n) is 4.80. The highest BCUT2D eigenvalue weighted by Gasteiger charge is 2.30. The second-order valence-corrected chi connectivity index (χ2v) is 8.91. The molecule has 3 aromatic rings. The van der Waals surface area contributed by atoms with Crippen LogP contribution >= 0.6 is 0 Å². The van der Waals surface area contributed by atoms with E-state index in [4.69, 9.17) is 0 Å². The van der Waals surface area contributed by atoms with Gasteiger partial charge in [0.15, 0.2) is 4.90 Å². The summed E-state index contributed by atoms with van der Waals surface area (Å²) in [4.78, 5) is 10.4. The monoisotopic (exact) mass is 436 g/mol. The van der Waals surface area contributed by atoms with E-state index in [1.807, 2.05) is 54.6 Å². The van der Waals surface area contributed by atoms with Crippen LogP contribution in [-0.4, -0.2) is 24.2 Å². The molecule has 0 saturated heterocycles. The van der Waals surface area contributed by atoms with Crippen molar-refractivity contribution >= 4 is 15.7 Å². The van der Waals surface area contributed by atoms with Gasteiger partial charge in [0.25, 0.3) is 5.69 Å². The van der Waals surface area contributed by atoms with Crippen molar-refractivity contribution < 1.29 is 13.3 Å². The number of allylic oxidation sites excluding steroid dienone is 1. The zero-order chi connectivity index (χ0) is 22.1. The smallest absolute Gasteiger partial charge is 0.258 e. The summed E-state index contributed by atoms with van der Waals surface area (Å²) in [5, 5.41) is 11.4. The molecule has 0 fully saturated rings. The number of hydrogen-bond donors (Lipinski definition) is 0. The normalized spacial score (nSPS) is 11.8. The van der Waals surface area contributed by atoms with Crippen LogP contribution in [0, 0.1) is 10.1 Å². The van der Waals surface area contributed by atoms with Gasteiger partial charge in [0.2, 0.25) is 10.0 Å². The van der Waals surface area contributed by atoms with Gasteiger partial charge in [-0.05, 0) is 30.0 Å². The van der Waals surface area contributed by atoms with Gasteiger partial charge in [-0.25, -0.2) is 8.42 Å². The maximum absolute atomic E-state index is 13.3. The highest BCUT2D eigenvalue weighted by Crippen LogP contribution is 2.27. The predicted octanol–water partition coefficient (Wildman–Crippen LogP) is 4.97. The zero-order valence-corrected chi connectivity index (χ0v) is 17.8. The molecular weight excluding hydrogens is 412 g/mol. The number of nitro benzene ring substituents is 1. The molecule has 31 heavy (non-hydrogen) atoms. The number of nitrogens with zero attached hydrogens (tertiary/aromatic N) is 2. The van der Waals surface area contributed by atoms with Crippen LogP contribution in [0.1, 0.15) is 17.5 Å². The molecular formula is C24H24N2O4S. The topological polar surface area (TPSA) is 80.5 Å². The quantitative estimate of drug-likeness (QED) is 0.255. The second kappa shape index (κ2) is 10.7. The number of sulfonamides is 1. The first-order valence-corrected chi connectivity index (χ1v) is 11.4. The minimum Gasteiger partial charge on any atom is -0.258 e. The van der Waals surface area contributed by atoms with Crippen molar-refractivity contribution in [3.8, 4) is 0 Å². The van der Waals surface area contributed by atoms with E-state index >= 15 is 0 Å². The number of para-hydroxylation sites is 1. The van der Waals surface area contributed by atoms with Crippen LogP contribution in [0.15, 0.2) is 102 Å². The molecule has 0 aliphatic heterocycles. The Morgan fingerprint density at radius 2 is 1.39 bits per heavy atom. The van der Waals surface area contributed by atoms with Gasteiger partial charge in [0.1, 0.15) is 0 Å². The van der Waals surface area contributed by atoms with E-state index in [0.29, 0.717) is 0 Å². The van der Waals surface area contributed by atoms with Crippen LogP contribution in [-0.2, 0) is 23.0 Å². The van der Waals surface area contributed by atoms with Crippen molar-refractivity contribution in [3.05, 3.63) is 118 Å². The lowest BCUT2D eigenvalue weighted by atomic mass is 10.1. The molecule has 0 radical (unpaired) electrons. The Hall–Kier alpha value is -3.29. The fraction of sp³-hybridized carbons (Fsp3) is 0.167. The van der Waals surface area contributed by atoms with Crippen LogP contribution in [0.4, 0.5) is 5.69 Å². The lowest BCUT2D eigenvalue weighted by Crippen LogP contribution is -2.31.